The van der Waals surface area contributed by atoms with E-state index in [9.17, 15) is 15.3 Å². The van der Waals surface area contributed by atoms with E-state index in [2.05, 4.69) is 67.5 Å². The molecule has 4 rings (SSSR count). The summed E-state index contributed by atoms with van der Waals surface area (Å²) < 4.78 is 0. The highest BCUT2D eigenvalue weighted by Crippen LogP contribution is 2.64. The van der Waals surface area contributed by atoms with E-state index in [4.69, 9.17) is 0 Å². The van der Waals surface area contributed by atoms with Gasteiger partial charge in [-0.15, -0.1) is 0 Å². The number of rotatable bonds is 5. The summed E-state index contributed by atoms with van der Waals surface area (Å²) in [5.41, 5.74) is 0.676. The molecule has 164 valence electrons. The molecular formula is C27H30N4O. The lowest BCUT2D eigenvalue weighted by Crippen LogP contribution is -2.51. The third-order valence-corrected chi connectivity index (χ3v) is 7.81. The quantitative estimate of drug-likeness (QED) is 0.748. The van der Waals surface area contributed by atoms with Crippen molar-refractivity contribution in [2.45, 2.75) is 57.4 Å². The number of nitrogens with zero attached hydrogens (tertiary/aromatic N) is 3. The number of nitriles is 2. The molecule has 0 spiro atoms. The Morgan fingerprint density at radius 2 is 1.75 bits per heavy atom. The normalized spacial score (nSPS) is 28.7. The molecule has 2 aliphatic carbocycles. The molecule has 2 aliphatic rings. The van der Waals surface area contributed by atoms with Gasteiger partial charge >= 0.3 is 0 Å². The second-order valence-electron chi connectivity index (χ2n) is 10.1. The van der Waals surface area contributed by atoms with Crippen LogP contribution < -0.4 is 5.32 Å². The van der Waals surface area contributed by atoms with Gasteiger partial charge in [0.25, 0.3) is 0 Å². The second-order valence-corrected chi connectivity index (χ2v) is 10.1. The predicted molar refractivity (Wildman–Crippen MR) is 122 cm³/mol. The SMILES string of the molecule is C[C@@H]1CC[C@@H](C(C)(C)c2ccccc2)[C@H](NC(=O)[C@H]2[C@H](c3ccncc3)C2(C#N)C#N)C1. The van der Waals surface area contributed by atoms with Gasteiger partial charge in [-0.25, -0.2) is 0 Å². The molecule has 5 atom stereocenters. The number of pyridine rings is 1. The van der Waals surface area contributed by atoms with E-state index in [1.54, 1.807) is 24.5 Å². The third kappa shape index (κ3) is 3.67. The van der Waals surface area contributed by atoms with Gasteiger partial charge in [0.05, 0.1) is 18.1 Å². The maximum Gasteiger partial charge on any atom is 0.226 e. The highest BCUT2D eigenvalue weighted by molar-refractivity contribution is 5.87. The lowest BCUT2D eigenvalue weighted by molar-refractivity contribution is -0.124. The van der Waals surface area contributed by atoms with Crippen molar-refractivity contribution in [2.24, 2.45) is 23.2 Å². The zero-order valence-corrected chi connectivity index (χ0v) is 19.0. The van der Waals surface area contributed by atoms with Crippen LogP contribution in [0.25, 0.3) is 0 Å². The second kappa shape index (κ2) is 8.40. The summed E-state index contributed by atoms with van der Waals surface area (Å²) in [6, 6.07) is 18.4. The molecule has 1 heterocycles. The maximum atomic E-state index is 13.5. The van der Waals surface area contributed by atoms with Crippen LogP contribution in [0, 0.1) is 45.8 Å². The highest BCUT2D eigenvalue weighted by Gasteiger charge is 2.71. The van der Waals surface area contributed by atoms with Gasteiger partial charge in [0, 0.05) is 24.4 Å². The standard InChI is InChI=1S/C27H30N4O/c1-18-9-10-21(26(2,3)20-7-5-4-6-8-20)22(15-18)31-25(32)24-23(27(24,16-28)17-29)19-11-13-30-14-12-19/h4-8,11-14,18,21-24H,9-10,15H2,1-3H3,(H,31,32)/t18-,21-,22-,23+,24-/m1/s1. The first-order chi connectivity index (χ1) is 15.3. The first kappa shape index (κ1) is 22.0. The topological polar surface area (TPSA) is 89.6 Å². The summed E-state index contributed by atoms with van der Waals surface area (Å²) in [6.45, 7) is 6.75. The zero-order valence-electron chi connectivity index (χ0n) is 19.0. The molecule has 0 unspecified atom stereocenters. The molecule has 2 aromatic rings. The van der Waals surface area contributed by atoms with Crippen molar-refractivity contribution in [1.82, 2.24) is 10.3 Å². The van der Waals surface area contributed by atoms with E-state index in [1.165, 1.54) is 5.56 Å². The summed E-state index contributed by atoms with van der Waals surface area (Å²) in [5, 5.41) is 22.9. The van der Waals surface area contributed by atoms with Crippen LogP contribution in [0.4, 0.5) is 0 Å². The van der Waals surface area contributed by atoms with Crippen LogP contribution in [-0.4, -0.2) is 16.9 Å². The smallest absolute Gasteiger partial charge is 0.226 e. The molecule has 1 N–H and O–H groups in total. The van der Waals surface area contributed by atoms with Crippen molar-refractivity contribution in [3.8, 4) is 12.1 Å². The Balaban J connectivity index is 1.59. The first-order valence-electron chi connectivity index (χ1n) is 11.4. The fourth-order valence-electron chi connectivity index (χ4n) is 5.83. The summed E-state index contributed by atoms with van der Waals surface area (Å²) in [7, 11) is 0. The highest BCUT2D eigenvalue weighted by atomic mass is 16.2. The van der Waals surface area contributed by atoms with Crippen LogP contribution >= 0.6 is 0 Å². The van der Waals surface area contributed by atoms with Crippen LogP contribution in [-0.2, 0) is 10.2 Å². The lowest BCUT2D eigenvalue weighted by atomic mass is 9.63. The van der Waals surface area contributed by atoms with Gasteiger partial charge in [0.1, 0.15) is 0 Å². The van der Waals surface area contributed by atoms with Crippen LogP contribution in [0.3, 0.4) is 0 Å². The van der Waals surface area contributed by atoms with Gasteiger partial charge in [0.15, 0.2) is 5.41 Å². The summed E-state index contributed by atoms with van der Waals surface area (Å²) in [4.78, 5) is 17.5. The first-order valence-corrected chi connectivity index (χ1v) is 11.4. The lowest BCUT2D eigenvalue weighted by Gasteiger charge is -2.45. The van der Waals surface area contributed by atoms with Crippen molar-refractivity contribution in [2.75, 3.05) is 0 Å². The number of carbonyl (C=O) groups is 1. The van der Waals surface area contributed by atoms with Crippen molar-refractivity contribution >= 4 is 5.91 Å². The van der Waals surface area contributed by atoms with E-state index < -0.39 is 17.3 Å². The average Bonchev–Trinajstić information content (AvgIpc) is 3.50. The molecule has 0 radical (unpaired) electrons. The summed E-state index contributed by atoms with van der Waals surface area (Å²) in [6.07, 6.45) is 6.36. The average molecular weight is 427 g/mol. The van der Waals surface area contributed by atoms with E-state index in [0.29, 0.717) is 5.92 Å². The molecule has 5 nitrogen and oxygen atoms in total. The molecule has 0 bridgehead atoms. The van der Waals surface area contributed by atoms with Crippen LogP contribution in [0.2, 0.25) is 0 Å². The molecule has 0 aliphatic heterocycles. The molecular weight excluding hydrogens is 396 g/mol. The number of carbonyl (C=O) groups excluding carboxylic acids is 1. The number of hydrogen-bond acceptors (Lipinski definition) is 4. The molecule has 1 amide bonds. The Labute approximate surface area is 190 Å². The van der Waals surface area contributed by atoms with Gasteiger partial charge in [0.2, 0.25) is 5.91 Å². The minimum atomic E-state index is -1.31. The maximum absolute atomic E-state index is 13.5. The number of nitrogens with one attached hydrogen (secondary N) is 1. The predicted octanol–water partition coefficient (Wildman–Crippen LogP) is 4.73. The van der Waals surface area contributed by atoms with Crippen molar-refractivity contribution in [3.05, 3.63) is 66.0 Å². The molecule has 0 saturated heterocycles. The molecule has 1 aromatic carbocycles. The summed E-state index contributed by atoms with van der Waals surface area (Å²) >= 11 is 0. The van der Waals surface area contributed by atoms with Crippen LogP contribution in [0.5, 0.6) is 0 Å². The number of amides is 1. The Hall–Kier alpha value is -3.18. The monoisotopic (exact) mass is 426 g/mol. The Kier molecular flexibility index (Phi) is 5.78. The molecule has 5 heteroatoms. The van der Waals surface area contributed by atoms with Crippen molar-refractivity contribution in [3.63, 3.8) is 0 Å². The van der Waals surface area contributed by atoms with E-state index >= 15 is 0 Å². The molecule has 32 heavy (non-hydrogen) atoms. The Morgan fingerprint density at radius 1 is 1.09 bits per heavy atom. The third-order valence-electron chi connectivity index (χ3n) is 7.81. The molecule has 2 saturated carbocycles. The van der Waals surface area contributed by atoms with Gasteiger partial charge in [-0.05, 0) is 53.4 Å². The minimum Gasteiger partial charge on any atom is -0.353 e. The van der Waals surface area contributed by atoms with Gasteiger partial charge in [-0.2, -0.15) is 10.5 Å². The van der Waals surface area contributed by atoms with Crippen LogP contribution in [0.1, 0.15) is 57.1 Å². The fraction of sp³-hybridized carbons (Fsp3) is 0.481. The van der Waals surface area contributed by atoms with Crippen LogP contribution in [0.15, 0.2) is 54.9 Å². The zero-order chi connectivity index (χ0) is 22.9. The number of hydrogen-bond donors (Lipinski definition) is 1. The van der Waals surface area contributed by atoms with E-state index in [0.717, 1.165) is 24.8 Å². The van der Waals surface area contributed by atoms with Crippen molar-refractivity contribution < 1.29 is 4.79 Å². The Bertz CT molecular complexity index is 1040. The summed E-state index contributed by atoms with van der Waals surface area (Å²) in [5.74, 6) is -0.445. The Morgan fingerprint density at radius 3 is 2.38 bits per heavy atom. The molecule has 2 fully saturated rings. The van der Waals surface area contributed by atoms with Gasteiger partial charge in [-0.3, -0.25) is 9.78 Å². The number of benzene rings is 1. The van der Waals surface area contributed by atoms with E-state index in [1.807, 2.05) is 6.07 Å². The van der Waals surface area contributed by atoms with E-state index in [-0.39, 0.29) is 23.3 Å². The fourth-order valence-corrected chi connectivity index (χ4v) is 5.83. The molecule has 1 aromatic heterocycles. The van der Waals surface area contributed by atoms with Gasteiger partial charge in [-0.1, -0.05) is 57.5 Å². The van der Waals surface area contributed by atoms with Gasteiger partial charge < -0.3 is 5.32 Å². The largest absolute Gasteiger partial charge is 0.353 e. The van der Waals surface area contributed by atoms with Crippen molar-refractivity contribution in [1.29, 1.82) is 10.5 Å². The minimum absolute atomic E-state index is 0.00947. The number of aromatic nitrogens is 1.